The lowest BCUT2D eigenvalue weighted by Crippen LogP contribution is -2.42. The van der Waals surface area contributed by atoms with Gasteiger partial charge < -0.3 is 34.0 Å². The molecule has 3 aliphatic heterocycles. The van der Waals surface area contributed by atoms with Gasteiger partial charge in [0.25, 0.3) is 5.91 Å². The minimum Gasteiger partial charge on any atom is -0.456 e. The molecule has 1 atom stereocenters. The van der Waals surface area contributed by atoms with Crippen molar-refractivity contribution < 1.29 is 27.9 Å². The monoisotopic (exact) mass is 625 g/mol. The molecule has 2 saturated heterocycles. The summed E-state index contributed by atoms with van der Waals surface area (Å²) in [5.74, 6) is -0.712. The van der Waals surface area contributed by atoms with Crippen LogP contribution in [0.25, 0.3) is 38.5 Å². The first-order valence-corrected chi connectivity index (χ1v) is 15.5. The zero-order chi connectivity index (χ0) is 31.5. The van der Waals surface area contributed by atoms with Crippen molar-refractivity contribution >= 4 is 50.3 Å². The second-order valence-electron chi connectivity index (χ2n) is 12.0. The number of para-hydroxylation sites is 1. The normalized spacial score (nSPS) is 17.8. The molecule has 2 amide bonds. The number of carbonyl (C=O) groups is 2. The van der Waals surface area contributed by atoms with Crippen LogP contribution in [0.5, 0.6) is 11.5 Å². The highest BCUT2D eigenvalue weighted by atomic mass is 19.1. The fourth-order valence-corrected chi connectivity index (χ4v) is 6.90. The minimum atomic E-state index is -0.641. The summed E-state index contributed by atoms with van der Waals surface area (Å²) in [5, 5.41) is 7.54. The number of carbonyl (C=O) groups excluding carboxylic acids is 2. The molecule has 2 N–H and O–H groups in total. The molecule has 3 aromatic carbocycles. The van der Waals surface area contributed by atoms with E-state index in [1.54, 1.807) is 4.57 Å². The van der Waals surface area contributed by atoms with Crippen LogP contribution in [0.1, 0.15) is 23.7 Å². The molecule has 3 aliphatic rings. The summed E-state index contributed by atoms with van der Waals surface area (Å²) in [4.78, 5) is 43.1. The van der Waals surface area contributed by atoms with Crippen LogP contribution in [0, 0.1) is 5.82 Å². The Bertz CT molecular complexity index is 2120. The van der Waals surface area contributed by atoms with Gasteiger partial charge in [0.05, 0.1) is 24.3 Å². The number of nitrogens with zero attached hydrogens (tertiary/aromatic N) is 3. The van der Waals surface area contributed by atoms with Gasteiger partial charge in [-0.1, -0.05) is 18.2 Å². The number of rotatable bonds is 6. The predicted octanol–water partition coefficient (Wildman–Crippen LogP) is 3.91. The third-order valence-electron chi connectivity index (χ3n) is 9.07. The van der Waals surface area contributed by atoms with Gasteiger partial charge in [-0.25, -0.2) is 4.39 Å². The van der Waals surface area contributed by atoms with E-state index in [-0.39, 0.29) is 34.3 Å². The van der Waals surface area contributed by atoms with Gasteiger partial charge in [0.15, 0.2) is 17.3 Å². The number of hydrogen-bond donors (Lipinski definition) is 2. The van der Waals surface area contributed by atoms with Crippen molar-refractivity contribution in [3.05, 3.63) is 70.3 Å². The molecule has 11 nitrogen and oxygen atoms in total. The lowest BCUT2D eigenvalue weighted by molar-refractivity contribution is -0.119. The van der Waals surface area contributed by atoms with Crippen LogP contribution < -0.4 is 25.7 Å². The third kappa shape index (κ3) is 4.76. The van der Waals surface area contributed by atoms with E-state index in [1.807, 2.05) is 41.3 Å². The highest BCUT2D eigenvalue weighted by Crippen LogP contribution is 2.48. The summed E-state index contributed by atoms with van der Waals surface area (Å²) in [7, 11) is 0. The molecule has 0 aliphatic carbocycles. The number of aromatic nitrogens is 1. The van der Waals surface area contributed by atoms with Crippen molar-refractivity contribution in [3.63, 3.8) is 0 Å². The molecule has 12 heteroatoms. The molecule has 5 aromatic rings. The molecule has 2 fully saturated rings. The van der Waals surface area contributed by atoms with Crippen LogP contribution in [0.2, 0.25) is 0 Å². The van der Waals surface area contributed by atoms with Gasteiger partial charge in [-0.3, -0.25) is 19.3 Å². The van der Waals surface area contributed by atoms with Gasteiger partial charge in [0.2, 0.25) is 11.3 Å². The van der Waals surface area contributed by atoms with E-state index >= 15 is 4.39 Å². The quantitative estimate of drug-likeness (QED) is 0.286. The van der Waals surface area contributed by atoms with Crippen molar-refractivity contribution in [3.8, 4) is 17.2 Å². The summed E-state index contributed by atoms with van der Waals surface area (Å²) >= 11 is 0. The van der Waals surface area contributed by atoms with Gasteiger partial charge in [-0.2, -0.15) is 0 Å². The summed E-state index contributed by atoms with van der Waals surface area (Å²) in [5.41, 5.74) is 1.75. The number of furan rings is 1. The van der Waals surface area contributed by atoms with Crippen molar-refractivity contribution in [2.75, 3.05) is 57.4 Å². The SMILES string of the molecule is CC(=O)N[C@@H]1CCN(c2c(F)cc3c(=O)c(C(=O)NCCN4CCOCC4)cn4c3c2Oc2cc3c(cc2-4)oc2ccccc23)C1. The second kappa shape index (κ2) is 11.1. The fraction of sp³-hybridized carbons (Fsp3) is 0.324. The zero-order valence-corrected chi connectivity index (χ0v) is 25.2. The van der Waals surface area contributed by atoms with Crippen LogP contribution in [-0.2, 0) is 9.53 Å². The highest BCUT2D eigenvalue weighted by Gasteiger charge is 2.34. The van der Waals surface area contributed by atoms with E-state index in [2.05, 4.69) is 15.5 Å². The van der Waals surface area contributed by atoms with Gasteiger partial charge in [0.1, 0.15) is 27.9 Å². The average molecular weight is 626 g/mol. The number of halogens is 1. The van der Waals surface area contributed by atoms with Gasteiger partial charge >= 0.3 is 0 Å². The first-order chi connectivity index (χ1) is 22.4. The molecular weight excluding hydrogens is 593 g/mol. The molecule has 236 valence electrons. The maximum atomic E-state index is 16.2. The number of fused-ring (bicyclic) bond motifs is 5. The van der Waals surface area contributed by atoms with Gasteiger partial charge in [-0.05, 0) is 24.6 Å². The zero-order valence-electron chi connectivity index (χ0n) is 25.2. The standard InChI is InChI=1S/C34H32FN5O6/c1-19(41)37-20-6-8-39(17-20)31-25(35)14-23-30-33(31)46-29-15-22-21-4-2-3-5-27(21)45-28(22)16-26(29)40(30)18-24(32(23)42)34(43)36-7-9-38-10-12-44-13-11-38/h2-5,14-16,18,20H,6-13,17H2,1H3,(H,36,43)(H,37,41)/t20-/m1/s1. The first kappa shape index (κ1) is 28.5. The summed E-state index contributed by atoms with van der Waals surface area (Å²) in [6, 6.07) is 12.4. The number of hydrogen-bond acceptors (Lipinski definition) is 8. The van der Waals surface area contributed by atoms with Crippen molar-refractivity contribution in [2.45, 2.75) is 19.4 Å². The minimum absolute atomic E-state index is 0.0324. The summed E-state index contributed by atoms with van der Waals surface area (Å²) < 4.78 is 36.0. The number of morpholine rings is 1. The third-order valence-corrected chi connectivity index (χ3v) is 9.07. The Hall–Kier alpha value is -4.94. The Kier molecular flexibility index (Phi) is 6.91. The van der Waals surface area contributed by atoms with E-state index < -0.39 is 17.2 Å². The Balaban J connectivity index is 1.27. The van der Waals surface area contributed by atoms with E-state index in [4.69, 9.17) is 13.9 Å². The number of benzene rings is 3. The maximum Gasteiger partial charge on any atom is 0.256 e. The van der Waals surface area contributed by atoms with E-state index in [1.165, 1.54) is 19.2 Å². The first-order valence-electron chi connectivity index (χ1n) is 15.5. The van der Waals surface area contributed by atoms with Crippen LogP contribution in [0.15, 0.2) is 57.9 Å². The van der Waals surface area contributed by atoms with Crippen molar-refractivity contribution in [2.24, 2.45) is 0 Å². The average Bonchev–Trinajstić information content (AvgIpc) is 3.65. The Morgan fingerprint density at radius 3 is 2.67 bits per heavy atom. The molecule has 46 heavy (non-hydrogen) atoms. The van der Waals surface area contributed by atoms with E-state index in [0.717, 1.165) is 23.9 Å². The number of pyridine rings is 1. The molecule has 5 heterocycles. The fourth-order valence-electron chi connectivity index (χ4n) is 6.90. The Labute approximate surface area is 262 Å². The van der Waals surface area contributed by atoms with Gasteiger partial charge in [0, 0.05) is 75.3 Å². The molecule has 0 bridgehead atoms. The number of nitrogens with one attached hydrogen (secondary N) is 2. The highest BCUT2D eigenvalue weighted by molar-refractivity contribution is 6.07. The molecule has 0 unspecified atom stereocenters. The molecule has 0 radical (unpaired) electrons. The second-order valence-corrected chi connectivity index (χ2v) is 12.0. The Morgan fingerprint density at radius 1 is 1.02 bits per heavy atom. The topological polar surface area (TPSA) is 118 Å². The van der Waals surface area contributed by atoms with Gasteiger partial charge in [-0.15, -0.1) is 0 Å². The maximum absolute atomic E-state index is 16.2. The number of anilines is 1. The Morgan fingerprint density at radius 2 is 1.85 bits per heavy atom. The largest absolute Gasteiger partial charge is 0.456 e. The van der Waals surface area contributed by atoms with Crippen molar-refractivity contribution in [1.82, 2.24) is 20.1 Å². The van der Waals surface area contributed by atoms with Crippen LogP contribution in [0.4, 0.5) is 10.1 Å². The molecule has 0 saturated carbocycles. The lowest BCUT2D eigenvalue weighted by Gasteiger charge is -2.29. The molecular formula is C34H32FN5O6. The predicted molar refractivity (Wildman–Crippen MR) is 171 cm³/mol. The van der Waals surface area contributed by atoms with E-state index in [0.29, 0.717) is 73.9 Å². The summed E-state index contributed by atoms with van der Waals surface area (Å²) in [6.07, 6.45) is 2.14. The van der Waals surface area contributed by atoms with Crippen LogP contribution in [-0.4, -0.2) is 79.8 Å². The summed E-state index contributed by atoms with van der Waals surface area (Å²) in [6.45, 7) is 6.12. The van der Waals surface area contributed by atoms with Crippen LogP contribution in [0.3, 0.4) is 0 Å². The molecule has 2 aromatic heterocycles. The van der Waals surface area contributed by atoms with Crippen LogP contribution >= 0.6 is 0 Å². The molecule has 0 spiro atoms. The van der Waals surface area contributed by atoms with E-state index in [9.17, 15) is 14.4 Å². The van der Waals surface area contributed by atoms with Crippen molar-refractivity contribution in [1.29, 1.82) is 0 Å². The number of ether oxygens (including phenoxy) is 2. The lowest BCUT2D eigenvalue weighted by atomic mass is 10.0. The smallest absolute Gasteiger partial charge is 0.256 e. The molecule has 8 rings (SSSR count). The number of amides is 2.